The minimum absolute atomic E-state index is 0.0183. The van der Waals surface area contributed by atoms with Gasteiger partial charge in [-0.15, -0.1) is 0 Å². The van der Waals surface area contributed by atoms with Crippen molar-refractivity contribution in [3.63, 3.8) is 0 Å². The molecule has 1 heterocycles. The summed E-state index contributed by atoms with van der Waals surface area (Å²) in [7, 11) is 0. The van der Waals surface area contributed by atoms with Crippen molar-refractivity contribution >= 4 is 5.91 Å². The van der Waals surface area contributed by atoms with Gasteiger partial charge in [0.25, 0.3) is 0 Å². The first-order chi connectivity index (χ1) is 7.63. The topological polar surface area (TPSA) is 72.9 Å². The zero-order chi connectivity index (χ0) is 12.0. The molecule has 1 amide bonds. The summed E-state index contributed by atoms with van der Waals surface area (Å²) in [5.74, 6) is 0.0494. The number of carbonyl (C=O) groups excluding carboxylic acids is 1. The fraction of sp³-hybridized carbons (Fsp3) is 0.636. The molecule has 1 aromatic rings. The van der Waals surface area contributed by atoms with Crippen molar-refractivity contribution in [2.45, 2.75) is 32.9 Å². The average Bonchev–Trinajstić information content (AvgIpc) is 2.70. The molecule has 0 aliphatic carbocycles. The largest absolute Gasteiger partial charge is 0.352 e. The molecule has 0 fully saturated rings. The van der Waals surface area contributed by atoms with Crippen LogP contribution in [-0.2, 0) is 11.3 Å². The van der Waals surface area contributed by atoms with Gasteiger partial charge in [0.1, 0.15) is 0 Å². The lowest BCUT2D eigenvalue weighted by atomic mass is 10.1. The Morgan fingerprint density at radius 1 is 1.56 bits per heavy atom. The summed E-state index contributed by atoms with van der Waals surface area (Å²) in [4.78, 5) is 15.6. The first-order valence-electron chi connectivity index (χ1n) is 5.59. The Labute approximate surface area is 96.0 Å². The second-order valence-corrected chi connectivity index (χ2v) is 4.15. The van der Waals surface area contributed by atoms with Crippen molar-refractivity contribution in [2.24, 2.45) is 11.7 Å². The van der Waals surface area contributed by atoms with Gasteiger partial charge in [0.2, 0.25) is 5.91 Å². The number of rotatable bonds is 6. The summed E-state index contributed by atoms with van der Waals surface area (Å²) in [6.45, 7) is 5.16. The summed E-state index contributed by atoms with van der Waals surface area (Å²) in [6.07, 6.45) is 6.08. The minimum Gasteiger partial charge on any atom is -0.352 e. The number of imidazole rings is 1. The third-order valence-corrected chi connectivity index (χ3v) is 2.48. The molecule has 5 nitrogen and oxygen atoms in total. The number of nitrogens with zero attached hydrogens (tertiary/aromatic N) is 2. The van der Waals surface area contributed by atoms with E-state index in [0.717, 1.165) is 13.0 Å². The summed E-state index contributed by atoms with van der Waals surface area (Å²) in [6, 6.07) is 0.0990. The Kier molecular flexibility index (Phi) is 4.98. The Morgan fingerprint density at radius 3 is 2.88 bits per heavy atom. The molecule has 2 unspecified atom stereocenters. The number of nitrogens with one attached hydrogen (secondary N) is 1. The molecular formula is C11H20N4O. The second kappa shape index (κ2) is 6.27. The molecule has 0 bridgehead atoms. The van der Waals surface area contributed by atoms with E-state index >= 15 is 0 Å². The zero-order valence-corrected chi connectivity index (χ0v) is 9.89. The van der Waals surface area contributed by atoms with Crippen LogP contribution in [0.4, 0.5) is 0 Å². The summed E-state index contributed by atoms with van der Waals surface area (Å²) >= 11 is 0. The third-order valence-electron chi connectivity index (χ3n) is 2.48. The Bertz CT molecular complexity index is 310. The molecule has 16 heavy (non-hydrogen) atoms. The highest BCUT2D eigenvalue weighted by molar-refractivity contribution is 5.78. The molecule has 1 rings (SSSR count). The Balaban J connectivity index is 2.33. The van der Waals surface area contributed by atoms with Crippen molar-refractivity contribution < 1.29 is 4.79 Å². The van der Waals surface area contributed by atoms with Gasteiger partial charge >= 0.3 is 0 Å². The van der Waals surface area contributed by atoms with Crippen molar-refractivity contribution in [2.75, 3.05) is 6.54 Å². The van der Waals surface area contributed by atoms with Crippen LogP contribution in [0.3, 0.4) is 0 Å². The van der Waals surface area contributed by atoms with E-state index in [1.165, 1.54) is 0 Å². The average molecular weight is 224 g/mol. The molecule has 0 radical (unpaired) electrons. The first kappa shape index (κ1) is 12.7. The van der Waals surface area contributed by atoms with Crippen LogP contribution in [0.5, 0.6) is 0 Å². The molecule has 3 N–H and O–H groups in total. The Morgan fingerprint density at radius 2 is 2.31 bits per heavy atom. The monoisotopic (exact) mass is 224 g/mol. The van der Waals surface area contributed by atoms with Gasteiger partial charge in [0.05, 0.1) is 6.33 Å². The maximum Gasteiger partial charge on any atom is 0.223 e. The van der Waals surface area contributed by atoms with Gasteiger partial charge in [-0.3, -0.25) is 4.79 Å². The number of aromatic nitrogens is 2. The standard InChI is InChI=1S/C11H20N4O/c1-9(3-4-12)11(16)14-10(2)7-15-6-5-13-8-15/h5-6,8-10H,3-4,7,12H2,1-2H3,(H,14,16). The lowest BCUT2D eigenvalue weighted by Crippen LogP contribution is -2.39. The van der Waals surface area contributed by atoms with Gasteiger partial charge in [-0.1, -0.05) is 6.92 Å². The SMILES string of the molecule is CC(Cn1ccnc1)NC(=O)C(C)CCN. The summed E-state index contributed by atoms with van der Waals surface area (Å²) < 4.78 is 1.94. The maximum atomic E-state index is 11.7. The van der Waals surface area contributed by atoms with E-state index in [0.29, 0.717) is 6.54 Å². The van der Waals surface area contributed by atoms with E-state index in [1.54, 1.807) is 12.5 Å². The van der Waals surface area contributed by atoms with Gasteiger partial charge < -0.3 is 15.6 Å². The lowest BCUT2D eigenvalue weighted by Gasteiger charge is -2.17. The van der Waals surface area contributed by atoms with Gasteiger partial charge in [-0.2, -0.15) is 0 Å². The highest BCUT2D eigenvalue weighted by Gasteiger charge is 2.14. The molecule has 0 aliphatic rings. The predicted molar refractivity (Wildman–Crippen MR) is 62.7 cm³/mol. The molecule has 5 heteroatoms. The fourth-order valence-electron chi connectivity index (χ4n) is 1.52. The van der Waals surface area contributed by atoms with E-state index in [-0.39, 0.29) is 17.9 Å². The minimum atomic E-state index is -0.0183. The number of hydrogen-bond donors (Lipinski definition) is 2. The zero-order valence-electron chi connectivity index (χ0n) is 9.89. The molecule has 0 spiro atoms. The molecule has 0 saturated heterocycles. The lowest BCUT2D eigenvalue weighted by molar-refractivity contribution is -0.125. The van der Waals surface area contributed by atoms with E-state index in [2.05, 4.69) is 10.3 Å². The van der Waals surface area contributed by atoms with Crippen molar-refractivity contribution in [3.05, 3.63) is 18.7 Å². The van der Waals surface area contributed by atoms with E-state index in [4.69, 9.17) is 5.73 Å². The van der Waals surface area contributed by atoms with Crippen LogP contribution in [0.15, 0.2) is 18.7 Å². The van der Waals surface area contributed by atoms with Gasteiger partial charge in [-0.05, 0) is 19.9 Å². The van der Waals surface area contributed by atoms with E-state index < -0.39 is 0 Å². The van der Waals surface area contributed by atoms with Crippen molar-refractivity contribution in [1.82, 2.24) is 14.9 Å². The van der Waals surface area contributed by atoms with Crippen LogP contribution in [0.1, 0.15) is 20.3 Å². The van der Waals surface area contributed by atoms with E-state index in [9.17, 15) is 4.79 Å². The third kappa shape index (κ3) is 4.02. The van der Waals surface area contributed by atoms with Crippen molar-refractivity contribution in [3.8, 4) is 0 Å². The molecule has 0 aromatic carbocycles. The van der Waals surface area contributed by atoms with Crippen LogP contribution in [0, 0.1) is 5.92 Å². The van der Waals surface area contributed by atoms with Crippen molar-refractivity contribution in [1.29, 1.82) is 0 Å². The number of hydrogen-bond acceptors (Lipinski definition) is 3. The first-order valence-corrected chi connectivity index (χ1v) is 5.59. The maximum absolute atomic E-state index is 11.7. The summed E-state index contributed by atoms with van der Waals surface area (Å²) in [5.41, 5.74) is 5.42. The van der Waals surface area contributed by atoms with Crippen LogP contribution < -0.4 is 11.1 Å². The van der Waals surface area contributed by atoms with Crippen LogP contribution in [0.2, 0.25) is 0 Å². The van der Waals surface area contributed by atoms with E-state index in [1.807, 2.05) is 24.6 Å². The van der Waals surface area contributed by atoms with Crippen LogP contribution >= 0.6 is 0 Å². The fourth-order valence-corrected chi connectivity index (χ4v) is 1.52. The Hall–Kier alpha value is -1.36. The van der Waals surface area contributed by atoms with Gasteiger partial charge in [-0.25, -0.2) is 4.98 Å². The number of nitrogens with two attached hydrogens (primary N) is 1. The second-order valence-electron chi connectivity index (χ2n) is 4.15. The normalized spacial score (nSPS) is 14.4. The molecular weight excluding hydrogens is 204 g/mol. The number of carbonyl (C=O) groups is 1. The number of amides is 1. The predicted octanol–water partition coefficient (Wildman–Crippen LogP) is 0.373. The summed E-state index contributed by atoms with van der Waals surface area (Å²) in [5, 5.41) is 2.96. The van der Waals surface area contributed by atoms with Gasteiger partial charge in [0.15, 0.2) is 0 Å². The molecule has 90 valence electrons. The highest BCUT2D eigenvalue weighted by Crippen LogP contribution is 2.01. The smallest absolute Gasteiger partial charge is 0.223 e. The quantitative estimate of drug-likeness (QED) is 0.733. The molecule has 1 aromatic heterocycles. The molecule has 0 saturated carbocycles. The molecule has 2 atom stereocenters. The highest BCUT2D eigenvalue weighted by atomic mass is 16.1. The molecule has 0 aliphatic heterocycles. The van der Waals surface area contributed by atoms with Crippen LogP contribution in [0.25, 0.3) is 0 Å². The van der Waals surface area contributed by atoms with Crippen LogP contribution in [-0.4, -0.2) is 28.0 Å². The van der Waals surface area contributed by atoms with Gasteiger partial charge in [0, 0.05) is 30.9 Å².